The van der Waals surface area contributed by atoms with Crippen LogP contribution in [0.5, 0.6) is 0 Å². The fraction of sp³-hybridized carbons (Fsp3) is 0.417. The van der Waals surface area contributed by atoms with E-state index in [0.29, 0.717) is 0 Å². The molecule has 0 spiro atoms. The molecule has 0 unspecified atom stereocenters. The lowest BCUT2D eigenvalue weighted by molar-refractivity contribution is -0.137. The molecule has 80 valence electrons. The second kappa shape index (κ2) is 3.89. The van der Waals surface area contributed by atoms with Gasteiger partial charge in [0.1, 0.15) is 0 Å². The fourth-order valence-electron chi connectivity index (χ4n) is 2.06. The maximum Gasteiger partial charge on any atom is 0.304 e. The van der Waals surface area contributed by atoms with Gasteiger partial charge in [0.05, 0.1) is 6.42 Å². The average Bonchev–Trinajstić information content (AvgIpc) is 2.98. The first-order valence-electron chi connectivity index (χ1n) is 5.03. The summed E-state index contributed by atoms with van der Waals surface area (Å²) in [4.78, 5) is 12.0. The van der Waals surface area contributed by atoms with Crippen molar-refractivity contribution in [2.75, 3.05) is 6.26 Å². The topological polar surface area (TPSA) is 37.3 Å². The SMILES string of the molecule is CSc1ccccc1C1(CC(=O)O)CC1. The number of carboxylic acid groups (broad SMARTS) is 1. The van der Waals surface area contributed by atoms with Crippen molar-refractivity contribution in [2.24, 2.45) is 0 Å². The first-order valence-corrected chi connectivity index (χ1v) is 6.26. The van der Waals surface area contributed by atoms with Crippen molar-refractivity contribution in [2.45, 2.75) is 29.6 Å². The van der Waals surface area contributed by atoms with Gasteiger partial charge in [0.15, 0.2) is 0 Å². The number of carbonyl (C=O) groups is 1. The molecule has 2 nitrogen and oxygen atoms in total. The number of hydrogen-bond donors (Lipinski definition) is 1. The summed E-state index contributed by atoms with van der Waals surface area (Å²) in [5.74, 6) is -0.691. The number of thioether (sulfide) groups is 1. The summed E-state index contributed by atoms with van der Waals surface area (Å²) in [5, 5.41) is 8.91. The van der Waals surface area contributed by atoms with E-state index in [1.807, 2.05) is 18.4 Å². The zero-order valence-corrected chi connectivity index (χ0v) is 9.51. The lowest BCUT2D eigenvalue weighted by Gasteiger charge is -2.16. The Hall–Kier alpha value is -0.960. The number of aliphatic carboxylic acids is 1. The van der Waals surface area contributed by atoms with Gasteiger partial charge in [0, 0.05) is 10.3 Å². The molecule has 1 aliphatic carbocycles. The first kappa shape index (κ1) is 10.6. The second-order valence-electron chi connectivity index (χ2n) is 4.05. The van der Waals surface area contributed by atoms with Crippen molar-refractivity contribution in [1.82, 2.24) is 0 Å². The summed E-state index contributed by atoms with van der Waals surface area (Å²) in [7, 11) is 0. The van der Waals surface area contributed by atoms with Crippen molar-refractivity contribution >= 4 is 17.7 Å². The molecule has 0 heterocycles. The Kier molecular flexibility index (Phi) is 2.74. The van der Waals surface area contributed by atoms with Crippen LogP contribution in [-0.2, 0) is 10.2 Å². The minimum absolute atomic E-state index is 0.0641. The van der Waals surface area contributed by atoms with Crippen LogP contribution in [0.15, 0.2) is 29.2 Å². The van der Waals surface area contributed by atoms with Crippen LogP contribution in [0.1, 0.15) is 24.8 Å². The van der Waals surface area contributed by atoms with E-state index in [2.05, 4.69) is 12.1 Å². The third kappa shape index (κ3) is 2.02. The summed E-state index contributed by atoms with van der Waals surface area (Å²) in [5.41, 5.74) is 1.16. The molecule has 0 atom stereocenters. The van der Waals surface area contributed by atoms with E-state index < -0.39 is 5.97 Å². The molecule has 1 aromatic rings. The second-order valence-corrected chi connectivity index (χ2v) is 4.90. The van der Waals surface area contributed by atoms with Crippen LogP contribution in [0, 0.1) is 0 Å². The molecule has 0 aromatic heterocycles. The van der Waals surface area contributed by atoms with Crippen molar-refractivity contribution in [1.29, 1.82) is 0 Å². The quantitative estimate of drug-likeness (QED) is 0.796. The predicted molar refractivity (Wildman–Crippen MR) is 61.4 cm³/mol. The van der Waals surface area contributed by atoms with Gasteiger partial charge >= 0.3 is 5.97 Å². The molecule has 0 bridgehead atoms. The summed E-state index contributed by atoms with van der Waals surface area (Å²) >= 11 is 1.70. The molecule has 0 aliphatic heterocycles. The van der Waals surface area contributed by atoms with Gasteiger partial charge in [-0.05, 0) is 30.7 Å². The normalized spacial score (nSPS) is 17.4. The van der Waals surface area contributed by atoms with E-state index >= 15 is 0 Å². The zero-order valence-electron chi connectivity index (χ0n) is 8.69. The molecule has 1 aliphatic rings. The minimum Gasteiger partial charge on any atom is -0.481 e. The van der Waals surface area contributed by atoms with E-state index in [1.165, 1.54) is 10.5 Å². The molecule has 1 N–H and O–H groups in total. The Morgan fingerprint density at radius 3 is 2.67 bits per heavy atom. The van der Waals surface area contributed by atoms with Gasteiger partial charge in [0.25, 0.3) is 0 Å². The lowest BCUT2D eigenvalue weighted by atomic mass is 9.92. The average molecular weight is 222 g/mol. The molecule has 1 aromatic carbocycles. The molecule has 0 saturated heterocycles. The third-order valence-electron chi connectivity index (χ3n) is 3.02. The Balaban J connectivity index is 2.32. The molecule has 15 heavy (non-hydrogen) atoms. The largest absolute Gasteiger partial charge is 0.481 e. The third-order valence-corrected chi connectivity index (χ3v) is 3.82. The highest BCUT2D eigenvalue weighted by Gasteiger charge is 2.46. The summed E-state index contributed by atoms with van der Waals surface area (Å²) in [6.07, 6.45) is 4.33. The van der Waals surface area contributed by atoms with E-state index in [4.69, 9.17) is 5.11 Å². The van der Waals surface area contributed by atoms with Crippen LogP contribution in [-0.4, -0.2) is 17.3 Å². The van der Waals surface area contributed by atoms with Crippen molar-refractivity contribution in [3.05, 3.63) is 29.8 Å². The maximum atomic E-state index is 10.8. The van der Waals surface area contributed by atoms with Gasteiger partial charge in [0.2, 0.25) is 0 Å². The standard InChI is InChI=1S/C12H14O2S/c1-15-10-5-3-2-4-9(10)12(6-7-12)8-11(13)14/h2-5H,6-8H2,1H3,(H,13,14). The monoisotopic (exact) mass is 222 g/mol. The van der Waals surface area contributed by atoms with Crippen molar-refractivity contribution in [3.63, 3.8) is 0 Å². The van der Waals surface area contributed by atoms with E-state index in [9.17, 15) is 4.79 Å². The summed E-state index contributed by atoms with van der Waals surface area (Å²) in [6.45, 7) is 0. The Morgan fingerprint density at radius 1 is 1.47 bits per heavy atom. The Bertz CT molecular complexity index is 383. The lowest BCUT2D eigenvalue weighted by Crippen LogP contribution is -2.13. The van der Waals surface area contributed by atoms with Crippen molar-refractivity contribution in [3.8, 4) is 0 Å². The summed E-state index contributed by atoms with van der Waals surface area (Å²) in [6, 6.07) is 8.15. The van der Waals surface area contributed by atoms with Crippen molar-refractivity contribution < 1.29 is 9.90 Å². The summed E-state index contributed by atoms with van der Waals surface area (Å²) < 4.78 is 0. The fourth-order valence-corrected chi connectivity index (χ4v) is 2.78. The van der Waals surface area contributed by atoms with Crippen LogP contribution < -0.4 is 0 Å². The molecular weight excluding hydrogens is 208 g/mol. The molecular formula is C12H14O2S. The van der Waals surface area contributed by atoms with Crippen LogP contribution >= 0.6 is 11.8 Å². The molecule has 0 amide bonds. The first-order chi connectivity index (χ1) is 7.18. The van der Waals surface area contributed by atoms with Crippen LogP contribution in [0.3, 0.4) is 0 Å². The van der Waals surface area contributed by atoms with Gasteiger partial charge in [-0.25, -0.2) is 0 Å². The number of benzene rings is 1. The highest BCUT2D eigenvalue weighted by Crippen LogP contribution is 2.53. The van der Waals surface area contributed by atoms with Gasteiger partial charge in [-0.2, -0.15) is 0 Å². The Labute approximate surface area is 93.7 Å². The number of carboxylic acids is 1. The van der Waals surface area contributed by atoms with E-state index in [0.717, 1.165) is 12.8 Å². The highest BCUT2D eigenvalue weighted by atomic mass is 32.2. The molecule has 1 fully saturated rings. The molecule has 1 saturated carbocycles. The maximum absolute atomic E-state index is 10.8. The zero-order chi connectivity index (χ0) is 10.9. The van der Waals surface area contributed by atoms with Gasteiger partial charge in [-0.3, -0.25) is 4.79 Å². The molecule has 3 heteroatoms. The van der Waals surface area contributed by atoms with E-state index in [1.54, 1.807) is 11.8 Å². The number of hydrogen-bond acceptors (Lipinski definition) is 2. The van der Waals surface area contributed by atoms with Gasteiger partial charge < -0.3 is 5.11 Å². The molecule has 2 rings (SSSR count). The van der Waals surface area contributed by atoms with Crippen LogP contribution in [0.4, 0.5) is 0 Å². The smallest absolute Gasteiger partial charge is 0.304 e. The van der Waals surface area contributed by atoms with Gasteiger partial charge in [-0.1, -0.05) is 18.2 Å². The highest BCUT2D eigenvalue weighted by molar-refractivity contribution is 7.98. The van der Waals surface area contributed by atoms with Gasteiger partial charge in [-0.15, -0.1) is 11.8 Å². The predicted octanol–water partition coefficient (Wildman–Crippen LogP) is 2.91. The number of rotatable bonds is 4. The van der Waals surface area contributed by atoms with Crippen LogP contribution in [0.2, 0.25) is 0 Å². The Morgan fingerprint density at radius 2 is 2.13 bits per heavy atom. The minimum atomic E-state index is -0.691. The van der Waals surface area contributed by atoms with E-state index in [-0.39, 0.29) is 11.8 Å². The molecule has 0 radical (unpaired) electrons. The van der Waals surface area contributed by atoms with Crippen LogP contribution in [0.25, 0.3) is 0 Å².